The lowest BCUT2D eigenvalue weighted by molar-refractivity contribution is -0.147. The van der Waals surface area contributed by atoms with E-state index < -0.39 is 12.0 Å². The van der Waals surface area contributed by atoms with Crippen molar-refractivity contribution in [2.24, 2.45) is 11.3 Å². The van der Waals surface area contributed by atoms with Gasteiger partial charge in [0.25, 0.3) is 0 Å². The number of nitrogens with zero attached hydrogens (tertiary/aromatic N) is 3. The predicted octanol–water partition coefficient (Wildman–Crippen LogP) is 2.90. The van der Waals surface area contributed by atoms with Gasteiger partial charge in [0.1, 0.15) is 0 Å². The highest BCUT2D eigenvalue weighted by Crippen LogP contribution is 2.64. The Morgan fingerprint density at radius 3 is 2.59 bits per heavy atom. The van der Waals surface area contributed by atoms with Crippen LogP contribution in [-0.4, -0.2) is 40.0 Å². The van der Waals surface area contributed by atoms with E-state index in [9.17, 15) is 18.0 Å². The van der Waals surface area contributed by atoms with Gasteiger partial charge in [-0.1, -0.05) is 6.42 Å². The molecule has 2 atom stereocenters. The molecule has 2 aliphatic carbocycles. The third kappa shape index (κ3) is 2.70. The largest absolute Gasteiger partial charge is 0.449 e. The average Bonchev–Trinajstić information content (AvgIpc) is 3.02. The summed E-state index contributed by atoms with van der Waals surface area (Å²) in [6, 6.07) is 0. The normalized spacial score (nSPS) is 30.9. The molecule has 3 fully saturated rings. The van der Waals surface area contributed by atoms with Crippen LogP contribution in [0.5, 0.6) is 0 Å². The van der Waals surface area contributed by atoms with E-state index in [-0.39, 0.29) is 11.3 Å². The summed E-state index contributed by atoms with van der Waals surface area (Å²) in [4.78, 5) is 18.9. The minimum absolute atomic E-state index is 0.00220. The summed E-state index contributed by atoms with van der Waals surface area (Å²) in [6.07, 6.45) is 1.37. The quantitative estimate of drug-likeness (QED) is 0.856. The van der Waals surface area contributed by atoms with E-state index in [2.05, 4.69) is 10.3 Å². The topological polar surface area (TPSA) is 50.2 Å². The fraction of sp³-hybridized carbons (Fsp3) is 0.789. The Kier molecular flexibility index (Phi) is 3.87. The number of carbonyl (C=O) groups excluding carboxylic acids is 1. The SMILES string of the molecule is O=C(N1CCC(c2nc(C(F)(F)F)n3c2CNCC3)CC1)[C@@]12CCC[C@@H]1C2. The molecule has 1 N–H and O–H groups in total. The maximum Gasteiger partial charge on any atom is 0.449 e. The van der Waals surface area contributed by atoms with Crippen LogP contribution in [0.1, 0.15) is 61.7 Å². The lowest BCUT2D eigenvalue weighted by Crippen LogP contribution is -2.42. The molecule has 8 heteroatoms. The van der Waals surface area contributed by atoms with Crippen LogP contribution in [0.15, 0.2) is 0 Å². The number of carbonyl (C=O) groups is 1. The van der Waals surface area contributed by atoms with Gasteiger partial charge in [-0.15, -0.1) is 0 Å². The van der Waals surface area contributed by atoms with Crippen LogP contribution >= 0.6 is 0 Å². The van der Waals surface area contributed by atoms with Crippen molar-refractivity contribution >= 4 is 5.91 Å². The van der Waals surface area contributed by atoms with Crippen molar-refractivity contribution in [3.8, 4) is 0 Å². The van der Waals surface area contributed by atoms with Crippen LogP contribution in [0.4, 0.5) is 13.2 Å². The molecule has 3 heterocycles. The van der Waals surface area contributed by atoms with Crippen molar-refractivity contribution in [2.45, 2.75) is 63.7 Å². The second-order valence-electron chi connectivity index (χ2n) is 8.61. The molecule has 1 aromatic heterocycles. The van der Waals surface area contributed by atoms with E-state index in [1.165, 1.54) is 11.0 Å². The Morgan fingerprint density at radius 2 is 1.96 bits per heavy atom. The number of hydrogen-bond acceptors (Lipinski definition) is 3. The summed E-state index contributed by atoms with van der Waals surface area (Å²) in [7, 11) is 0. The van der Waals surface area contributed by atoms with E-state index in [0.717, 1.165) is 19.3 Å². The highest BCUT2D eigenvalue weighted by Gasteiger charge is 2.63. The lowest BCUT2D eigenvalue weighted by Gasteiger charge is -2.34. The zero-order chi connectivity index (χ0) is 18.8. The number of halogens is 3. The Labute approximate surface area is 156 Å². The first-order valence-electron chi connectivity index (χ1n) is 10.1. The zero-order valence-corrected chi connectivity index (χ0v) is 15.3. The number of hydrogen-bond donors (Lipinski definition) is 1. The fourth-order valence-corrected chi connectivity index (χ4v) is 5.64. The molecule has 2 aliphatic heterocycles. The third-order valence-corrected chi connectivity index (χ3v) is 7.16. The molecule has 1 amide bonds. The van der Waals surface area contributed by atoms with Crippen LogP contribution in [0.2, 0.25) is 0 Å². The van der Waals surface area contributed by atoms with E-state index in [1.807, 2.05) is 4.90 Å². The fourth-order valence-electron chi connectivity index (χ4n) is 5.64. The molecular formula is C19H25F3N4O. The predicted molar refractivity (Wildman–Crippen MR) is 91.9 cm³/mol. The molecule has 1 aromatic rings. The number of nitrogens with one attached hydrogen (secondary N) is 1. The molecular weight excluding hydrogens is 357 g/mol. The first kappa shape index (κ1) is 17.5. The van der Waals surface area contributed by atoms with Gasteiger partial charge in [-0.3, -0.25) is 4.79 Å². The number of amides is 1. The summed E-state index contributed by atoms with van der Waals surface area (Å²) >= 11 is 0. The summed E-state index contributed by atoms with van der Waals surface area (Å²) in [5.74, 6) is 0.122. The highest BCUT2D eigenvalue weighted by atomic mass is 19.4. The molecule has 0 radical (unpaired) electrons. The summed E-state index contributed by atoms with van der Waals surface area (Å²) in [5, 5.41) is 3.17. The van der Waals surface area contributed by atoms with Gasteiger partial charge in [-0.05, 0) is 38.0 Å². The van der Waals surface area contributed by atoms with Crippen molar-refractivity contribution in [1.29, 1.82) is 0 Å². The number of alkyl halides is 3. The molecule has 2 saturated carbocycles. The second-order valence-corrected chi connectivity index (χ2v) is 8.61. The summed E-state index contributed by atoms with van der Waals surface area (Å²) < 4.78 is 41.5. The zero-order valence-electron chi connectivity index (χ0n) is 15.3. The van der Waals surface area contributed by atoms with E-state index >= 15 is 0 Å². The summed E-state index contributed by atoms with van der Waals surface area (Å²) in [5.41, 5.74) is 1.19. The van der Waals surface area contributed by atoms with Crippen molar-refractivity contribution in [2.75, 3.05) is 19.6 Å². The molecule has 0 unspecified atom stereocenters. The standard InChI is InChI=1S/C19H25F3N4O/c20-19(21,22)16-24-15(14-11-23-6-9-26(14)16)12-3-7-25(8-4-12)17(27)18-5-1-2-13(18)10-18/h12-13,23H,1-11H2/t13-,18-/m1/s1. The van der Waals surface area contributed by atoms with Gasteiger partial charge in [0.2, 0.25) is 11.7 Å². The lowest BCUT2D eigenvalue weighted by atomic mass is 9.90. The Balaban J connectivity index is 1.33. The number of piperidine rings is 1. The van der Waals surface area contributed by atoms with Crippen LogP contribution < -0.4 is 5.32 Å². The molecule has 0 spiro atoms. The molecule has 5 rings (SSSR count). The number of aromatic nitrogens is 2. The molecule has 4 aliphatic rings. The Hall–Kier alpha value is -1.57. The van der Waals surface area contributed by atoms with Gasteiger partial charge >= 0.3 is 6.18 Å². The van der Waals surface area contributed by atoms with Crippen LogP contribution in [0.25, 0.3) is 0 Å². The van der Waals surface area contributed by atoms with Crippen LogP contribution in [-0.2, 0) is 24.1 Å². The maximum absolute atomic E-state index is 13.4. The van der Waals surface area contributed by atoms with Crippen molar-refractivity contribution in [3.63, 3.8) is 0 Å². The second kappa shape index (κ2) is 5.96. The smallest absolute Gasteiger partial charge is 0.342 e. The minimum atomic E-state index is -4.43. The highest BCUT2D eigenvalue weighted by molar-refractivity contribution is 5.86. The molecule has 27 heavy (non-hydrogen) atoms. The number of imidazole rings is 1. The number of fused-ring (bicyclic) bond motifs is 2. The van der Waals surface area contributed by atoms with Gasteiger partial charge in [0.05, 0.1) is 16.8 Å². The third-order valence-electron chi connectivity index (χ3n) is 7.16. The van der Waals surface area contributed by atoms with Crippen molar-refractivity contribution in [3.05, 3.63) is 17.2 Å². The first-order valence-corrected chi connectivity index (χ1v) is 10.1. The number of likely N-dealkylation sites (tertiary alicyclic amines) is 1. The van der Waals surface area contributed by atoms with Gasteiger partial charge in [0.15, 0.2) is 0 Å². The van der Waals surface area contributed by atoms with Crippen LogP contribution in [0, 0.1) is 11.3 Å². The molecule has 148 valence electrons. The van der Waals surface area contributed by atoms with Gasteiger partial charge in [-0.25, -0.2) is 4.98 Å². The van der Waals surface area contributed by atoms with E-state index in [4.69, 9.17) is 0 Å². The first-order chi connectivity index (χ1) is 12.9. The summed E-state index contributed by atoms with van der Waals surface area (Å²) in [6.45, 7) is 2.54. The Morgan fingerprint density at radius 1 is 1.19 bits per heavy atom. The van der Waals surface area contributed by atoms with Crippen LogP contribution in [0.3, 0.4) is 0 Å². The maximum atomic E-state index is 13.4. The molecule has 0 aromatic carbocycles. The van der Waals surface area contributed by atoms with E-state index in [0.29, 0.717) is 68.8 Å². The average molecular weight is 382 g/mol. The van der Waals surface area contributed by atoms with Gasteiger partial charge < -0.3 is 14.8 Å². The van der Waals surface area contributed by atoms with Crippen molar-refractivity contribution in [1.82, 2.24) is 19.8 Å². The minimum Gasteiger partial charge on any atom is -0.342 e. The monoisotopic (exact) mass is 382 g/mol. The molecule has 1 saturated heterocycles. The molecule has 5 nitrogen and oxygen atoms in total. The van der Waals surface area contributed by atoms with Gasteiger partial charge in [0, 0.05) is 38.6 Å². The Bertz CT molecular complexity index is 766. The number of rotatable bonds is 2. The van der Waals surface area contributed by atoms with E-state index in [1.54, 1.807) is 0 Å². The molecule has 0 bridgehead atoms. The van der Waals surface area contributed by atoms with Gasteiger partial charge in [-0.2, -0.15) is 13.2 Å². The van der Waals surface area contributed by atoms with Crippen molar-refractivity contribution < 1.29 is 18.0 Å².